The number of hydrogen-bond donors (Lipinski definition) is 2. The molecule has 1 aromatic rings. The first-order valence-electron chi connectivity index (χ1n) is 7.10. The van der Waals surface area contributed by atoms with Crippen LogP contribution >= 0.6 is 0 Å². The number of primary amides is 1. The second-order valence-corrected chi connectivity index (χ2v) is 5.37. The van der Waals surface area contributed by atoms with Crippen molar-refractivity contribution in [1.82, 2.24) is 4.90 Å². The van der Waals surface area contributed by atoms with Gasteiger partial charge in [0.05, 0.1) is 12.1 Å². The highest BCUT2D eigenvalue weighted by Gasteiger charge is 2.37. The Kier molecular flexibility index (Phi) is 4.73. The maximum atomic E-state index is 13.5. The lowest BCUT2D eigenvalue weighted by Gasteiger charge is -2.35. The van der Waals surface area contributed by atoms with Gasteiger partial charge in [-0.25, -0.2) is 4.39 Å². The van der Waals surface area contributed by atoms with Gasteiger partial charge in [0.2, 0.25) is 5.91 Å². The number of halogens is 1. The zero-order chi connectivity index (χ0) is 14.7. The molecule has 3 unspecified atom stereocenters. The van der Waals surface area contributed by atoms with E-state index < -0.39 is 0 Å². The molecule has 1 saturated heterocycles. The fraction of sp³-hybridized carbons (Fsp3) is 0.533. The summed E-state index contributed by atoms with van der Waals surface area (Å²) in [6.45, 7) is 2.76. The van der Waals surface area contributed by atoms with Crippen molar-refractivity contribution in [3.8, 4) is 0 Å². The molecule has 0 radical (unpaired) electrons. The molecular formula is C15H22FN3O. The maximum absolute atomic E-state index is 13.5. The van der Waals surface area contributed by atoms with Gasteiger partial charge in [0.15, 0.2) is 0 Å². The first kappa shape index (κ1) is 14.9. The minimum atomic E-state index is -0.327. The lowest BCUT2D eigenvalue weighted by atomic mass is 9.95. The highest BCUT2D eigenvalue weighted by atomic mass is 19.1. The molecule has 4 N–H and O–H groups in total. The highest BCUT2D eigenvalue weighted by molar-refractivity contribution is 5.80. The van der Waals surface area contributed by atoms with Crippen LogP contribution in [0.2, 0.25) is 0 Å². The van der Waals surface area contributed by atoms with Gasteiger partial charge >= 0.3 is 0 Å². The smallest absolute Gasteiger partial charge is 0.234 e. The van der Waals surface area contributed by atoms with Crippen LogP contribution in [-0.2, 0) is 4.79 Å². The molecule has 0 saturated carbocycles. The van der Waals surface area contributed by atoms with E-state index in [4.69, 9.17) is 11.5 Å². The lowest BCUT2D eigenvalue weighted by Crippen LogP contribution is -2.47. The van der Waals surface area contributed by atoms with Crippen molar-refractivity contribution in [3.63, 3.8) is 0 Å². The third-order valence-electron chi connectivity index (χ3n) is 4.05. The van der Waals surface area contributed by atoms with E-state index in [2.05, 4.69) is 0 Å². The van der Waals surface area contributed by atoms with E-state index in [0.717, 1.165) is 31.4 Å². The molecule has 2 rings (SSSR count). The van der Waals surface area contributed by atoms with Crippen LogP contribution in [0.1, 0.15) is 37.8 Å². The molecule has 5 heteroatoms. The molecule has 0 bridgehead atoms. The predicted molar refractivity (Wildman–Crippen MR) is 76.3 cm³/mol. The molecule has 1 aliphatic heterocycles. The van der Waals surface area contributed by atoms with E-state index in [0.29, 0.717) is 0 Å². The fourth-order valence-corrected chi connectivity index (χ4v) is 3.03. The minimum Gasteiger partial charge on any atom is -0.368 e. The monoisotopic (exact) mass is 279 g/mol. The summed E-state index contributed by atoms with van der Waals surface area (Å²) in [6, 6.07) is 5.81. The van der Waals surface area contributed by atoms with Crippen molar-refractivity contribution in [1.29, 1.82) is 0 Å². The van der Waals surface area contributed by atoms with Crippen molar-refractivity contribution in [2.75, 3.05) is 6.54 Å². The Labute approximate surface area is 118 Å². The number of amides is 1. The van der Waals surface area contributed by atoms with Gasteiger partial charge in [0.1, 0.15) is 5.82 Å². The van der Waals surface area contributed by atoms with Crippen LogP contribution in [-0.4, -0.2) is 29.4 Å². The van der Waals surface area contributed by atoms with E-state index in [1.165, 1.54) is 12.1 Å². The molecule has 1 aromatic carbocycles. The number of nitrogens with zero attached hydrogens (tertiary/aromatic N) is 1. The SMILES string of the molecule is CCC(N)C(c1cccc(F)c1)N1CCCC1C(N)=O. The van der Waals surface area contributed by atoms with Crippen LogP contribution in [0.5, 0.6) is 0 Å². The molecule has 1 aliphatic rings. The van der Waals surface area contributed by atoms with Crippen molar-refractivity contribution in [3.05, 3.63) is 35.6 Å². The van der Waals surface area contributed by atoms with E-state index in [9.17, 15) is 9.18 Å². The van der Waals surface area contributed by atoms with E-state index in [1.54, 1.807) is 6.07 Å². The second-order valence-electron chi connectivity index (χ2n) is 5.37. The van der Waals surface area contributed by atoms with E-state index in [1.807, 2.05) is 17.9 Å². The van der Waals surface area contributed by atoms with Gasteiger partial charge in [0.25, 0.3) is 0 Å². The van der Waals surface area contributed by atoms with E-state index >= 15 is 0 Å². The predicted octanol–water partition coefficient (Wildman–Crippen LogP) is 1.55. The van der Waals surface area contributed by atoms with Gasteiger partial charge in [-0.05, 0) is 43.5 Å². The van der Waals surface area contributed by atoms with Crippen molar-refractivity contribution >= 4 is 5.91 Å². The average molecular weight is 279 g/mol. The summed E-state index contributed by atoms with van der Waals surface area (Å²) >= 11 is 0. The van der Waals surface area contributed by atoms with Crippen LogP contribution in [0.3, 0.4) is 0 Å². The normalized spacial score (nSPS) is 22.6. The second kappa shape index (κ2) is 6.33. The fourth-order valence-electron chi connectivity index (χ4n) is 3.03. The Morgan fingerprint density at radius 3 is 2.90 bits per heavy atom. The van der Waals surface area contributed by atoms with Gasteiger partial charge in [0, 0.05) is 6.04 Å². The largest absolute Gasteiger partial charge is 0.368 e. The van der Waals surface area contributed by atoms with Gasteiger partial charge in [-0.1, -0.05) is 19.1 Å². The summed E-state index contributed by atoms with van der Waals surface area (Å²) in [4.78, 5) is 13.6. The molecule has 0 aromatic heterocycles. The lowest BCUT2D eigenvalue weighted by molar-refractivity contribution is -0.123. The van der Waals surface area contributed by atoms with Gasteiger partial charge in [-0.15, -0.1) is 0 Å². The first-order chi connectivity index (χ1) is 9.54. The topological polar surface area (TPSA) is 72.3 Å². The standard InChI is InChI=1S/C15H22FN3O/c1-2-12(17)14(10-5-3-6-11(16)9-10)19-8-4-7-13(19)15(18)20/h3,5-6,9,12-14H,2,4,7-8,17H2,1H3,(H2,18,20). The molecule has 20 heavy (non-hydrogen) atoms. The van der Waals surface area contributed by atoms with Crippen LogP contribution in [0, 0.1) is 5.82 Å². The third-order valence-corrected chi connectivity index (χ3v) is 4.05. The van der Waals surface area contributed by atoms with Crippen LogP contribution in [0.4, 0.5) is 4.39 Å². The summed E-state index contributed by atoms with van der Waals surface area (Å²) in [5.41, 5.74) is 12.5. The van der Waals surface area contributed by atoms with Crippen LogP contribution in [0.15, 0.2) is 24.3 Å². The number of benzene rings is 1. The number of carbonyl (C=O) groups excluding carboxylic acids is 1. The molecule has 1 fully saturated rings. The summed E-state index contributed by atoms with van der Waals surface area (Å²) < 4.78 is 13.5. The number of nitrogens with two attached hydrogens (primary N) is 2. The summed E-state index contributed by atoms with van der Waals surface area (Å²) in [7, 11) is 0. The average Bonchev–Trinajstić information content (AvgIpc) is 2.88. The summed E-state index contributed by atoms with van der Waals surface area (Å²) in [6.07, 6.45) is 2.41. The van der Waals surface area contributed by atoms with E-state index in [-0.39, 0.29) is 29.8 Å². The van der Waals surface area contributed by atoms with Crippen molar-refractivity contribution in [2.24, 2.45) is 11.5 Å². The Bertz CT molecular complexity index is 480. The molecule has 1 amide bonds. The maximum Gasteiger partial charge on any atom is 0.234 e. The highest BCUT2D eigenvalue weighted by Crippen LogP contribution is 2.32. The van der Waals surface area contributed by atoms with Gasteiger partial charge in [-0.2, -0.15) is 0 Å². The van der Waals surface area contributed by atoms with Gasteiger partial charge < -0.3 is 11.5 Å². The Hall–Kier alpha value is -1.46. The molecule has 0 aliphatic carbocycles. The quantitative estimate of drug-likeness (QED) is 0.859. The Morgan fingerprint density at radius 1 is 1.55 bits per heavy atom. The van der Waals surface area contributed by atoms with Crippen LogP contribution in [0.25, 0.3) is 0 Å². The van der Waals surface area contributed by atoms with Crippen molar-refractivity contribution < 1.29 is 9.18 Å². The Morgan fingerprint density at radius 2 is 2.30 bits per heavy atom. The number of likely N-dealkylation sites (tertiary alicyclic amines) is 1. The number of hydrogen-bond acceptors (Lipinski definition) is 3. The molecular weight excluding hydrogens is 257 g/mol. The first-order valence-corrected chi connectivity index (χ1v) is 7.10. The summed E-state index contributed by atoms with van der Waals surface area (Å²) in [5.74, 6) is -0.613. The zero-order valence-electron chi connectivity index (χ0n) is 11.8. The van der Waals surface area contributed by atoms with Crippen LogP contribution < -0.4 is 11.5 Å². The molecule has 3 atom stereocenters. The van der Waals surface area contributed by atoms with Crippen molar-refractivity contribution in [2.45, 2.75) is 44.3 Å². The minimum absolute atomic E-state index is 0.156. The molecule has 1 heterocycles. The molecule has 0 spiro atoms. The van der Waals surface area contributed by atoms with Gasteiger partial charge in [-0.3, -0.25) is 9.69 Å². The zero-order valence-corrected chi connectivity index (χ0v) is 11.8. The molecule has 4 nitrogen and oxygen atoms in total. The summed E-state index contributed by atoms with van der Waals surface area (Å²) in [5, 5.41) is 0. The molecule has 110 valence electrons. The third kappa shape index (κ3) is 2.99. The Balaban J connectivity index is 2.35. The number of rotatable bonds is 5. The number of carbonyl (C=O) groups is 1.